The highest BCUT2D eigenvalue weighted by atomic mass is 15.1. The van der Waals surface area contributed by atoms with Gasteiger partial charge < -0.3 is 4.90 Å². The zero-order chi connectivity index (χ0) is 8.97. The van der Waals surface area contributed by atoms with E-state index in [0.29, 0.717) is 0 Å². The van der Waals surface area contributed by atoms with Gasteiger partial charge in [-0.3, -0.25) is 0 Å². The van der Waals surface area contributed by atoms with Gasteiger partial charge >= 0.3 is 0 Å². The Morgan fingerprint density at radius 2 is 1.92 bits per heavy atom. The third-order valence-electron chi connectivity index (χ3n) is 2.86. The van der Waals surface area contributed by atoms with Crippen LogP contribution >= 0.6 is 0 Å². The molecule has 1 nitrogen and oxygen atoms in total. The van der Waals surface area contributed by atoms with Crippen molar-refractivity contribution in [1.29, 1.82) is 0 Å². The van der Waals surface area contributed by atoms with Crippen molar-refractivity contribution in [1.82, 2.24) is 4.90 Å². The second-order valence-electron chi connectivity index (χ2n) is 4.02. The van der Waals surface area contributed by atoms with Gasteiger partial charge in [-0.25, -0.2) is 0 Å². The van der Waals surface area contributed by atoms with Crippen LogP contribution < -0.4 is 0 Å². The van der Waals surface area contributed by atoms with E-state index >= 15 is 0 Å². The molecule has 0 aromatic rings. The molecule has 1 heterocycles. The van der Waals surface area contributed by atoms with Gasteiger partial charge in [-0.15, -0.1) is 12.3 Å². The minimum Gasteiger partial charge on any atom is -0.303 e. The van der Waals surface area contributed by atoms with Crippen LogP contribution in [0, 0.1) is 24.2 Å². The summed E-state index contributed by atoms with van der Waals surface area (Å²) in [6, 6.07) is 0. The summed E-state index contributed by atoms with van der Waals surface area (Å²) in [5, 5.41) is 0. The molecule has 0 aromatic heterocycles. The van der Waals surface area contributed by atoms with Gasteiger partial charge in [-0.1, -0.05) is 13.8 Å². The molecule has 1 saturated heterocycles. The lowest BCUT2D eigenvalue weighted by Gasteiger charge is -2.13. The van der Waals surface area contributed by atoms with Crippen LogP contribution in [0.3, 0.4) is 0 Å². The van der Waals surface area contributed by atoms with Crippen molar-refractivity contribution in [3.8, 4) is 12.3 Å². The fourth-order valence-corrected chi connectivity index (χ4v) is 1.84. The summed E-state index contributed by atoms with van der Waals surface area (Å²) in [5.41, 5.74) is 0. The van der Waals surface area contributed by atoms with Crippen LogP contribution in [0.25, 0.3) is 0 Å². The molecule has 0 aromatic carbocycles. The predicted octanol–water partition coefficient (Wildman–Crippen LogP) is 1.99. The Hall–Kier alpha value is -0.480. The molecule has 0 radical (unpaired) electrons. The van der Waals surface area contributed by atoms with Gasteiger partial charge in [-0.05, 0) is 24.8 Å². The van der Waals surface area contributed by atoms with Gasteiger partial charge in [-0.2, -0.15) is 0 Å². The topological polar surface area (TPSA) is 3.24 Å². The van der Waals surface area contributed by atoms with E-state index < -0.39 is 0 Å². The SMILES string of the molecule is C#CCCCN1CC(C)C(C)C1. The van der Waals surface area contributed by atoms with Gasteiger partial charge in [0.05, 0.1) is 0 Å². The molecule has 1 aliphatic rings. The van der Waals surface area contributed by atoms with Gasteiger partial charge in [0.1, 0.15) is 0 Å². The minimum absolute atomic E-state index is 0.871. The van der Waals surface area contributed by atoms with E-state index in [4.69, 9.17) is 6.42 Å². The average Bonchev–Trinajstić information content (AvgIpc) is 2.32. The van der Waals surface area contributed by atoms with E-state index in [0.717, 1.165) is 24.7 Å². The predicted molar refractivity (Wildman–Crippen MR) is 52.8 cm³/mol. The summed E-state index contributed by atoms with van der Waals surface area (Å²) in [7, 11) is 0. The van der Waals surface area contributed by atoms with Gasteiger partial charge in [0.2, 0.25) is 0 Å². The lowest BCUT2D eigenvalue weighted by molar-refractivity contribution is 0.321. The van der Waals surface area contributed by atoms with Crippen molar-refractivity contribution in [3.63, 3.8) is 0 Å². The first kappa shape index (κ1) is 9.61. The summed E-state index contributed by atoms with van der Waals surface area (Å²) in [4.78, 5) is 2.53. The van der Waals surface area contributed by atoms with Crippen LogP contribution in [-0.2, 0) is 0 Å². The fraction of sp³-hybridized carbons (Fsp3) is 0.818. The zero-order valence-corrected chi connectivity index (χ0v) is 8.21. The Morgan fingerprint density at radius 3 is 2.42 bits per heavy atom. The standard InChI is InChI=1S/C11H19N/c1-4-5-6-7-12-8-10(2)11(3)9-12/h1,10-11H,5-9H2,2-3H3. The van der Waals surface area contributed by atoms with Crippen molar-refractivity contribution >= 4 is 0 Å². The van der Waals surface area contributed by atoms with E-state index in [1.165, 1.54) is 19.6 Å². The second kappa shape index (κ2) is 4.52. The molecular formula is C11H19N. The average molecular weight is 165 g/mol. The number of likely N-dealkylation sites (tertiary alicyclic amines) is 1. The van der Waals surface area contributed by atoms with Crippen molar-refractivity contribution in [2.24, 2.45) is 11.8 Å². The van der Waals surface area contributed by atoms with Crippen LogP contribution in [0.15, 0.2) is 0 Å². The van der Waals surface area contributed by atoms with Crippen LogP contribution in [0.4, 0.5) is 0 Å². The molecule has 68 valence electrons. The smallest absolute Gasteiger partial charge is 0.00982 e. The number of rotatable bonds is 3. The van der Waals surface area contributed by atoms with E-state index in [2.05, 4.69) is 24.7 Å². The van der Waals surface area contributed by atoms with Gasteiger partial charge in [0.15, 0.2) is 0 Å². The maximum atomic E-state index is 5.20. The quantitative estimate of drug-likeness (QED) is 0.456. The largest absolute Gasteiger partial charge is 0.303 e. The number of terminal acetylenes is 1. The molecule has 1 heteroatoms. The molecule has 0 amide bonds. The molecule has 0 spiro atoms. The molecule has 2 atom stereocenters. The summed E-state index contributed by atoms with van der Waals surface area (Å²) in [5.74, 6) is 4.43. The van der Waals surface area contributed by atoms with Crippen molar-refractivity contribution in [2.75, 3.05) is 19.6 Å². The first-order chi connectivity index (χ1) is 5.74. The monoisotopic (exact) mass is 165 g/mol. The van der Waals surface area contributed by atoms with Gasteiger partial charge in [0.25, 0.3) is 0 Å². The summed E-state index contributed by atoms with van der Waals surface area (Å²) < 4.78 is 0. The first-order valence-electron chi connectivity index (χ1n) is 4.90. The maximum absolute atomic E-state index is 5.20. The lowest BCUT2D eigenvalue weighted by Crippen LogP contribution is -2.21. The van der Waals surface area contributed by atoms with E-state index in [-0.39, 0.29) is 0 Å². The highest BCUT2D eigenvalue weighted by Gasteiger charge is 2.24. The Balaban J connectivity index is 2.15. The minimum atomic E-state index is 0.871. The molecule has 0 aliphatic carbocycles. The molecule has 1 aliphatic heterocycles. The highest BCUT2D eigenvalue weighted by molar-refractivity contribution is 4.84. The number of unbranched alkanes of at least 4 members (excludes halogenated alkanes) is 1. The number of hydrogen-bond donors (Lipinski definition) is 0. The fourth-order valence-electron chi connectivity index (χ4n) is 1.84. The van der Waals surface area contributed by atoms with E-state index in [9.17, 15) is 0 Å². The summed E-state index contributed by atoms with van der Waals surface area (Å²) >= 11 is 0. The third kappa shape index (κ3) is 2.53. The molecule has 1 fully saturated rings. The van der Waals surface area contributed by atoms with E-state index in [1.54, 1.807) is 0 Å². The zero-order valence-electron chi connectivity index (χ0n) is 8.21. The van der Waals surface area contributed by atoms with Crippen LogP contribution in [0.2, 0.25) is 0 Å². The molecule has 2 unspecified atom stereocenters. The Morgan fingerprint density at radius 1 is 1.33 bits per heavy atom. The van der Waals surface area contributed by atoms with Crippen LogP contribution in [-0.4, -0.2) is 24.5 Å². The van der Waals surface area contributed by atoms with Crippen LogP contribution in [0.1, 0.15) is 26.7 Å². The lowest BCUT2D eigenvalue weighted by atomic mass is 10.0. The Kier molecular flexibility index (Phi) is 3.62. The molecule has 1 rings (SSSR count). The molecule has 0 bridgehead atoms. The number of hydrogen-bond acceptors (Lipinski definition) is 1. The second-order valence-corrected chi connectivity index (χ2v) is 4.02. The van der Waals surface area contributed by atoms with Crippen molar-refractivity contribution in [2.45, 2.75) is 26.7 Å². The Labute approximate surface area is 76.1 Å². The van der Waals surface area contributed by atoms with Crippen molar-refractivity contribution < 1.29 is 0 Å². The normalized spacial score (nSPS) is 30.4. The molecule has 0 N–H and O–H groups in total. The molecule has 12 heavy (non-hydrogen) atoms. The first-order valence-corrected chi connectivity index (χ1v) is 4.90. The molecule has 0 saturated carbocycles. The third-order valence-corrected chi connectivity index (χ3v) is 2.86. The van der Waals surface area contributed by atoms with Crippen molar-refractivity contribution in [3.05, 3.63) is 0 Å². The maximum Gasteiger partial charge on any atom is 0.00982 e. The molecular weight excluding hydrogens is 146 g/mol. The number of nitrogens with zero attached hydrogens (tertiary/aromatic N) is 1. The van der Waals surface area contributed by atoms with Gasteiger partial charge in [0, 0.05) is 19.5 Å². The van der Waals surface area contributed by atoms with Crippen LogP contribution in [0.5, 0.6) is 0 Å². The Bertz CT molecular complexity index is 158. The summed E-state index contributed by atoms with van der Waals surface area (Å²) in [6.45, 7) is 8.41. The van der Waals surface area contributed by atoms with E-state index in [1.807, 2.05) is 0 Å². The summed E-state index contributed by atoms with van der Waals surface area (Å²) in [6.07, 6.45) is 7.29. The highest BCUT2D eigenvalue weighted by Crippen LogP contribution is 2.21.